The Morgan fingerprint density at radius 3 is 2.61 bits per heavy atom. The van der Waals surface area contributed by atoms with Crippen LogP contribution in [0, 0.1) is 17.8 Å². The highest BCUT2D eigenvalue weighted by atomic mass is 35.5. The van der Waals surface area contributed by atoms with Crippen molar-refractivity contribution < 1.29 is 4.74 Å². The minimum Gasteiger partial charge on any atom is -0.494 e. The van der Waals surface area contributed by atoms with Gasteiger partial charge < -0.3 is 4.74 Å². The molecule has 0 saturated heterocycles. The summed E-state index contributed by atoms with van der Waals surface area (Å²) in [6.07, 6.45) is 0.894. The zero-order valence-electron chi connectivity index (χ0n) is 11.6. The normalized spacial score (nSPS) is 13.4. The number of halogens is 1. The van der Waals surface area contributed by atoms with E-state index in [-0.39, 0.29) is 0 Å². The third-order valence-electron chi connectivity index (χ3n) is 3.02. The SMILES string of the molecule is CCC#CC(C)C(C)c1cc(Cl)ccc1OCC. The van der Waals surface area contributed by atoms with Gasteiger partial charge >= 0.3 is 0 Å². The molecule has 0 fully saturated rings. The first-order valence-electron chi connectivity index (χ1n) is 6.50. The van der Waals surface area contributed by atoms with Gasteiger partial charge in [0.1, 0.15) is 5.75 Å². The van der Waals surface area contributed by atoms with Gasteiger partial charge in [-0.25, -0.2) is 0 Å². The minimum absolute atomic E-state index is 0.294. The lowest BCUT2D eigenvalue weighted by Crippen LogP contribution is -2.07. The molecular weight excluding hydrogens is 244 g/mol. The lowest BCUT2D eigenvalue weighted by atomic mass is 9.88. The standard InChI is InChI=1S/C16H21ClO/c1-5-7-8-12(3)13(4)15-11-14(17)9-10-16(15)18-6-2/h9-13H,5-6H2,1-4H3. The van der Waals surface area contributed by atoms with Crippen molar-refractivity contribution in [1.29, 1.82) is 0 Å². The summed E-state index contributed by atoms with van der Waals surface area (Å²) in [7, 11) is 0. The predicted molar refractivity (Wildman–Crippen MR) is 78.3 cm³/mol. The molecule has 0 aromatic heterocycles. The van der Waals surface area contributed by atoms with E-state index in [1.807, 2.05) is 25.1 Å². The Bertz CT molecular complexity index is 442. The van der Waals surface area contributed by atoms with Gasteiger partial charge in [-0.05, 0) is 36.6 Å². The molecule has 18 heavy (non-hydrogen) atoms. The molecule has 0 amide bonds. The Morgan fingerprint density at radius 2 is 2.00 bits per heavy atom. The van der Waals surface area contributed by atoms with Crippen LogP contribution in [0.25, 0.3) is 0 Å². The quantitative estimate of drug-likeness (QED) is 0.704. The largest absolute Gasteiger partial charge is 0.494 e. The van der Waals surface area contributed by atoms with Crippen LogP contribution in [-0.2, 0) is 0 Å². The average molecular weight is 265 g/mol. The van der Waals surface area contributed by atoms with Gasteiger partial charge in [-0.2, -0.15) is 0 Å². The molecule has 1 nitrogen and oxygen atoms in total. The summed E-state index contributed by atoms with van der Waals surface area (Å²) in [5.74, 6) is 7.93. The fourth-order valence-electron chi connectivity index (χ4n) is 1.82. The van der Waals surface area contributed by atoms with E-state index in [1.165, 1.54) is 0 Å². The molecule has 98 valence electrons. The summed E-state index contributed by atoms with van der Waals surface area (Å²) in [6.45, 7) is 9.03. The van der Waals surface area contributed by atoms with Crippen LogP contribution in [0.3, 0.4) is 0 Å². The van der Waals surface area contributed by atoms with Gasteiger partial charge in [0.05, 0.1) is 6.61 Å². The third kappa shape index (κ3) is 3.96. The van der Waals surface area contributed by atoms with Crippen molar-refractivity contribution in [3.8, 4) is 17.6 Å². The van der Waals surface area contributed by atoms with Crippen LogP contribution in [0.2, 0.25) is 5.02 Å². The van der Waals surface area contributed by atoms with Crippen LogP contribution in [0.15, 0.2) is 18.2 Å². The van der Waals surface area contributed by atoms with E-state index in [1.54, 1.807) is 0 Å². The second kappa shape index (κ2) is 7.34. The lowest BCUT2D eigenvalue weighted by Gasteiger charge is -2.19. The molecule has 0 aliphatic heterocycles. The molecule has 0 N–H and O–H groups in total. The van der Waals surface area contributed by atoms with Gasteiger partial charge in [0.25, 0.3) is 0 Å². The van der Waals surface area contributed by atoms with Gasteiger partial charge in [0.2, 0.25) is 0 Å². The van der Waals surface area contributed by atoms with Gasteiger partial charge in [-0.3, -0.25) is 0 Å². The molecule has 2 unspecified atom stereocenters. The summed E-state index contributed by atoms with van der Waals surface area (Å²) >= 11 is 6.08. The topological polar surface area (TPSA) is 9.23 Å². The summed E-state index contributed by atoms with van der Waals surface area (Å²) < 4.78 is 5.66. The molecular formula is C16H21ClO. The number of ether oxygens (including phenoxy) is 1. The fourth-order valence-corrected chi connectivity index (χ4v) is 2.00. The number of hydrogen-bond donors (Lipinski definition) is 0. The molecule has 0 saturated carbocycles. The van der Waals surface area contributed by atoms with Crippen LogP contribution in [0.4, 0.5) is 0 Å². The first-order valence-corrected chi connectivity index (χ1v) is 6.88. The van der Waals surface area contributed by atoms with Crippen LogP contribution in [0.5, 0.6) is 5.75 Å². The van der Waals surface area contributed by atoms with Gasteiger partial charge in [-0.15, -0.1) is 5.92 Å². The molecule has 0 aliphatic rings. The van der Waals surface area contributed by atoms with E-state index in [4.69, 9.17) is 16.3 Å². The van der Waals surface area contributed by atoms with Crippen LogP contribution in [-0.4, -0.2) is 6.61 Å². The number of rotatable bonds is 4. The molecule has 2 atom stereocenters. The summed E-state index contributed by atoms with van der Waals surface area (Å²) in [5, 5.41) is 0.746. The molecule has 0 bridgehead atoms. The minimum atomic E-state index is 0.294. The Kier molecular flexibility index (Phi) is 6.09. The van der Waals surface area contributed by atoms with Gasteiger partial charge in [0.15, 0.2) is 0 Å². The Balaban J connectivity index is 3.02. The summed E-state index contributed by atoms with van der Waals surface area (Å²) in [6, 6.07) is 5.80. The van der Waals surface area contributed by atoms with Crippen molar-refractivity contribution in [2.24, 2.45) is 5.92 Å². The molecule has 0 spiro atoms. The number of benzene rings is 1. The second-order valence-electron chi connectivity index (χ2n) is 4.37. The maximum absolute atomic E-state index is 6.08. The fraction of sp³-hybridized carbons (Fsp3) is 0.500. The molecule has 0 heterocycles. The molecule has 1 aromatic carbocycles. The zero-order chi connectivity index (χ0) is 13.5. The Hall–Kier alpha value is -1.13. The van der Waals surface area contributed by atoms with Crippen LogP contribution < -0.4 is 4.74 Å². The Morgan fingerprint density at radius 1 is 1.28 bits per heavy atom. The van der Waals surface area contributed by atoms with E-state index >= 15 is 0 Å². The first kappa shape index (κ1) is 14.9. The van der Waals surface area contributed by atoms with Gasteiger partial charge in [-0.1, -0.05) is 38.3 Å². The van der Waals surface area contributed by atoms with Crippen molar-refractivity contribution in [3.05, 3.63) is 28.8 Å². The Labute approximate surface area is 115 Å². The van der Waals surface area contributed by atoms with E-state index in [2.05, 4.69) is 32.6 Å². The lowest BCUT2D eigenvalue weighted by molar-refractivity contribution is 0.333. The smallest absolute Gasteiger partial charge is 0.122 e. The van der Waals surface area contributed by atoms with Crippen molar-refractivity contribution >= 4 is 11.6 Å². The maximum atomic E-state index is 6.08. The predicted octanol–water partition coefficient (Wildman–Crippen LogP) is 4.89. The van der Waals surface area contributed by atoms with Crippen molar-refractivity contribution in [1.82, 2.24) is 0 Å². The van der Waals surface area contributed by atoms with Crippen molar-refractivity contribution in [2.75, 3.05) is 6.61 Å². The highest BCUT2D eigenvalue weighted by Crippen LogP contribution is 2.33. The molecule has 0 aliphatic carbocycles. The maximum Gasteiger partial charge on any atom is 0.122 e. The van der Waals surface area contributed by atoms with Crippen molar-refractivity contribution in [2.45, 2.75) is 40.0 Å². The molecule has 0 radical (unpaired) electrons. The van der Waals surface area contributed by atoms with Crippen molar-refractivity contribution in [3.63, 3.8) is 0 Å². The number of hydrogen-bond acceptors (Lipinski definition) is 1. The van der Waals surface area contributed by atoms with E-state index in [0.717, 1.165) is 22.8 Å². The highest BCUT2D eigenvalue weighted by Gasteiger charge is 2.17. The summed E-state index contributed by atoms with van der Waals surface area (Å²) in [4.78, 5) is 0. The van der Waals surface area contributed by atoms with Gasteiger partial charge in [0, 0.05) is 17.4 Å². The highest BCUT2D eigenvalue weighted by molar-refractivity contribution is 6.30. The van der Waals surface area contributed by atoms with E-state index < -0.39 is 0 Å². The summed E-state index contributed by atoms with van der Waals surface area (Å²) in [5.41, 5.74) is 1.14. The van der Waals surface area contributed by atoms with E-state index in [0.29, 0.717) is 18.4 Å². The third-order valence-corrected chi connectivity index (χ3v) is 3.25. The van der Waals surface area contributed by atoms with E-state index in [9.17, 15) is 0 Å². The zero-order valence-corrected chi connectivity index (χ0v) is 12.3. The first-order chi connectivity index (χ1) is 8.60. The molecule has 2 heteroatoms. The molecule has 1 aromatic rings. The monoisotopic (exact) mass is 264 g/mol. The second-order valence-corrected chi connectivity index (χ2v) is 4.80. The van der Waals surface area contributed by atoms with Crippen LogP contribution >= 0.6 is 11.6 Å². The average Bonchev–Trinajstić information content (AvgIpc) is 2.37. The molecule has 1 rings (SSSR count). The van der Waals surface area contributed by atoms with Crippen LogP contribution in [0.1, 0.15) is 45.6 Å².